The summed E-state index contributed by atoms with van der Waals surface area (Å²) in [5, 5.41) is 2.96. The highest BCUT2D eigenvalue weighted by atomic mass is 16.5. The Morgan fingerprint density at radius 3 is 1.45 bits per heavy atom. The lowest BCUT2D eigenvalue weighted by atomic mass is 9.92. The van der Waals surface area contributed by atoms with Crippen molar-refractivity contribution < 1.29 is 33.4 Å². The molecule has 2 heterocycles. The first-order valence-electron chi connectivity index (χ1n) is 24.2. The van der Waals surface area contributed by atoms with Crippen molar-refractivity contribution in [3.05, 3.63) is 46.5 Å². The fourth-order valence-corrected chi connectivity index (χ4v) is 10.1. The predicted octanol–water partition coefficient (Wildman–Crippen LogP) is 8.24. The van der Waals surface area contributed by atoms with E-state index in [0.717, 1.165) is 62.5 Å². The van der Waals surface area contributed by atoms with E-state index in [0.29, 0.717) is 72.5 Å². The van der Waals surface area contributed by atoms with Gasteiger partial charge in [0.05, 0.1) is 11.4 Å². The van der Waals surface area contributed by atoms with Crippen molar-refractivity contribution in [2.24, 2.45) is 11.7 Å². The lowest BCUT2D eigenvalue weighted by molar-refractivity contribution is -0.133. The summed E-state index contributed by atoms with van der Waals surface area (Å²) < 4.78 is 12.1. The molecule has 0 radical (unpaired) electrons. The molecule has 3 aliphatic carbocycles. The standard InChI is InChI=1S/C28H41N3O4.C23H35N3O3/c1-18(2)31(21-9-7-6-8-10-21)26(33)22-17-23-24(15-19(22)3)35-28(4,5)27(34)30(23)14-13-29-25(32)16-20-11-12-20;1-15(2)26(17-9-7-6-8-10-17)21(27)18-14-19-20(13-16(18)3)29-23(4,5)22(28)25(19)12-11-24/h15,17-18,20-21H,6-14,16H2,1-5H3,(H,29,32);13-15,17H,6-12,24H2,1-5H3. The minimum Gasteiger partial charge on any atom is -0.476 e. The number of amides is 5. The molecular weight excluding hydrogens is 809 g/mol. The summed E-state index contributed by atoms with van der Waals surface area (Å²) in [5.74, 6) is 1.53. The number of benzene rings is 2. The van der Waals surface area contributed by atoms with Gasteiger partial charge >= 0.3 is 0 Å². The second-order valence-corrected chi connectivity index (χ2v) is 20.4. The Bertz CT molecular complexity index is 2050. The van der Waals surface area contributed by atoms with Crippen LogP contribution in [0.1, 0.15) is 171 Å². The number of nitrogens with one attached hydrogen (secondary N) is 1. The Morgan fingerprint density at radius 2 is 1.08 bits per heavy atom. The third-order valence-corrected chi connectivity index (χ3v) is 13.6. The summed E-state index contributed by atoms with van der Waals surface area (Å²) in [7, 11) is 0. The fourth-order valence-electron chi connectivity index (χ4n) is 10.1. The molecule has 0 spiro atoms. The van der Waals surface area contributed by atoms with Gasteiger partial charge in [0.1, 0.15) is 11.5 Å². The average Bonchev–Trinajstić information content (AvgIpc) is 4.05. The van der Waals surface area contributed by atoms with Crippen molar-refractivity contribution >= 4 is 40.9 Å². The number of carbonyl (C=O) groups is 5. The average molecular weight is 885 g/mol. The van der Waals surface area contributed by atoms with Crippen LogP contribution in [0.5, 0.6) is 11.5 Å². The van der Waals surface area contributed by atoms with Gasteiger partial charge in [-0.1, -0.05) is 38.5 Å². The lowest BCUT2D eigenvalue weighted by Crippen LogP contribution is -2.54. The van der Waals surface area contributed by atoms with E-state index in [1.807, 2.05) is 47.9 Å². The molecule has 0 aromatic heterocycles. The van der Waals surface area contributed by atoms with Crippen molar-refractivity contribution in [1.29, 1.82) is 0 Å². The first kappa shape index (κ1) is 48.8. The molecule has 3 saturated carbocycles. The smallest absolute Gasteiger partial charge is 0.270 e. The first-order chi connectivity index (χ1) is 30.2. The maximum absolute atomic E-state index is 13.8. The zero-order valence-electron chi connectivity index (χ0n) is 40.4. The molecule has 0 bridgehead atoms. The van der Waals surface area contributed by atoms with E-state index in [9.17, 15) is 24.0 Å². The van der Waals surface area contributed by atoms with Crippen LogP contribution >= 0.6 is 0 Å². The topological polar surface area (TPSA) is 155 Å². The second kappa shape index (κ2) is 20.3. The maximum atomic E-state index is 13.8. The van der Waals surface area contributed by atoms with Crippen LogP contribution in [0.2, 0.25) is 0 Å². The largest absolute Gasteiger partial charge is 0.476 e. The quantitative estimate of drug-likeness (QED) is 0.204. The van der Waals surface area contributed by atoms with Crippen molar-refractivity contribution in [3.8, 4) is 11.5 Å². The van der Waals surface area contributed by atoms with Crippen LogP contribution in [0.4, 0.5) is 11.4 Å². The highest BCUT2D eigenvalue weighted by molar-refractivity contribution is 6.06. The first-order valence-corrected chi connectivity index (χ1v) is 24.2. The number of hydrogen-bond acceptors (Lipinski definition) is 8. The summed E-state index contributed by atoms with van der Waals surface area (Å²) in [4.78, 5) is 73.3. The zero-order valence-corrected chi connectivity index (χ0v) is 40.4. The number of nitrogens with zero attached hydrogens (tertiary/aromatic N) is 4. The van der Waals surface area contributed by atoms with E-state index in [-0.39, 0.29) is 53.7 Å². The summed E-state index contributed by atoms with van der Waals surface area (Å²) in [6.07, 6.45) is 14.1. The van der Waals surface area contributed by atoms with Gasteiger partial charge in [0.2, 0.25) is 5.91 Å². The predicted molar refractivity (Wildman–Crippen MR) is 252 cm³/mol. The van der Waals surface area contributed by atoms with Gasteiger partial charge in [-0.05, 0) is 149 Å². The summed E-state index contributed by atoms with van der Waals surface area (Å²) in [5.41, 5.74) is 8.01. The van der Waals surface area contributed by atoms with Crippen LogP contribution in [-0.2, 0) is 14.4 Å². The number of carbonyl (C=O) groups excluding carboxylic acids is 5. The normalized spacial score (nSPS) is 19.5. The van der Waals surface area contributed by atoms with Crippen LogP contribution in [-0.4, -0.2) is 101 Å². The molecule has 13 heteroatoms. The number of nitrogens with two attached hydrogens (primary N) is 1. The van der Waals surface area contributed by atoms with Crippen molar-refractivity contribution in [2.75, 3.05) is 36.0 Å². The molecule has 0 unspecified atom stereocenters. The number of fused-ring (bicyclic) bond motifs is 2. The van der Waals surface area contributed by atoms with Gasteiger partial charge in [0.15, 0.2) is 11.2 Å². The summed E-state index contributed by atoms with van der Waals surface area (Å²) >= 11 is 0. The summed E-state index contributed by atoms with van der Waals surface area (Å²) in [6.45, 7) is 20.7. The third kappa shape index (κ3) is 10.9. The van der Waals surface area contributed by atoms with Gasteiger partial charge in [-0.3, -0.25) is 24.0 Å². The third-order valence-electron chi connectivity index (χ3n) is 13.6. The van der Waals surface area contributed by atoms with Gasteiger partial charge in [0, 0.05) is 67.9 Å². The van der Waals surface area contributed by atoms with Crippen molar-refractivity contribution in [1.82, 2.24) is 15.1 Å². The Labute approximate surface area is 382 Å². The molecule has 0 atom stereocenters. The van der Waals surface area contributed by atoms with E-state index < -0.39 is 11.2 Å². The molecule has 3 fully saturated rings. The second-order valence-electron chi connectivity index (χ2n) is 20.4. The van der Waals surface area contributed by atoms with E-state index in [2.05, 4.69) is 33.0 Å². The number of ether oxygens (including phenoxy) is 2. The molecule has 13 nitrogen and oxygen atoms in total. The van der Waals surface area contributed by atoms with Crippen LogP contribution in [0.3, 0.4) is 0 Å². The molecule has 2 aromatic rings. The molecule has 5 aliphatic rings. The van der Waals surface area contributed by atoms with E-state index in [1.54, 1.807) is 37.5 Å². The molecule has 5 amide bonds. The number of hydrogen-bond donors (Lipinski definition) is 2. The van der Waals surface area contributed by atoms with Crippen LogP contribution in [0.15, 0.2) is 24.3 Å². The Hall–Kier alpha value is -4.65. The van der Waals surface area contributed by atoms with E-state index in [4.69, 9.17) is 15.2 Å². The Kier molecular flexibility index (Phi) is 15.4. The van der Waals surface area contributed by atoms with Gasteiger partial charge in [-0.15, -0.1) is 0 Å². The number of anilines is 2. The molecule has 0 saturated heterocycles. The number of aryl methyl sites for hydroxylation is 2. The lowest BCUT2D eigenvalue weighted by Gasteiger charge is -2.40. The molecule has 2 aromatic carbocycles. The molecule has 64 heavy (non-hydrogen) atoms. The SMILES string of the molecule is Cc1cc2c(cc1C(=O)N(C(C)C)C1CCCCC1)N(CCN)C(=O)C(C)(C)O2.Cc1cc2c(cc1C(=O)N(C(C)C)C1CCCCC1)N(CCNC(=O)CC1CC1)C(=O)C(C)(C)O2. The summed E-state index contributed by atoms with van der Waals surface area (Å²) in [6, 6.07) is 8.17. The van der Waals surface area contributed by atoms with Crippen molar-refractivity contribution in [3.63, 3.8) is 0 Å². The van der Waals surface area contributed by atoms with E-state index in [1.165, 1.54) is 25.7 Å². The Morgan fingerprint density at radius 1 is 0.672 bits per heavy atom. The molecule has 7 rings (SSSR count). The van der Waals surface area contributed by atoms with Gasteiger partial charge in [-0.2, -0.15) is 0 Å². The minimum absolute atomic E-state index is 0.0159. The van der Waals surface area contributed by atoms with Gasteiger partial charge in [0.25, 0.3) is 23.6 Å². The maximum Gasteiger partial charge on any atom is 0.270 e. The monoisotopic (exact) mass is 885 g/mol. The Balaban J connectivity index is 0.000000216. The molecule has 3 N–H and O–H groups in total. The van der Waals surface area contributed by atoms with Crippen molar-refractivity contribution in [2.45, 2.75) is 188 Å². The molecule has 2 aliphatic heterocycles. The number of rotatable bonds is 13. The molecule has 352 valence electrons. The van der Waals surface area contributed by atoms with Crippen LogP contribution < -0.4 is 30.3 Å². The van der Waals surface area contributed by atoms with Gasteiger partial charge < -0.3 is 40.1 Å². The highest BCUT2D eigenvalue weighted by Gasteiger charge is 2.43. The minimum atomic E-state index is -1.02. The zero-order chi connectivity index (χ0) is 46.7. The fraction of sp³-hybridized carbons (Fsp3) is 0.667. The van der Waals surface area contributed by atoms with Crippen LogP contribution in [0, 0.1) is 19.8 Å². The van der Waals surface area contributed by atoms with Gasteiger partial charge in [-0.25, -0.2) is 0 Å². The molecular formula is C51H76N6O7. The van der Waals surface area contributed by atoms with Crippen LogP contribution in [0.25, 0.3) is 0 Å². The highest BCUT2D eigenvalue weighted by Crippen LogP contribution is 2.42. The van der Waals surface area contributed by atoms with E-state index >= 15 is 0 Å².